The van der Waals surface area contributed by atoms with Gasteiger partial charge in [0, 0.05) is 11.2 Å². The Morgan fingerprint density at radius 2 is 1.67 bits per heavy atom. The van der Waals surface area contributed by atoms with E-state index in [1.165, 1.54) is 11.2 Å². The van der Waals surface area contributed by atoms with Crippen LogP contribution >= 0.6 is 23.7 Å². The first-order chi connectivity index (χ1) is 10.1. The van der Waals surface area contributed by atoms with Crippen molar-refractivity contribution in [2.45, 2.75) is 6.04 Å². The largest absolute Gasteiger partial charge is 0.390 e. The molecule has 0 heterocycles. The lowest BCUT2D eigenvalue weighted by molar-refractivity contribution is 0.328. The average molecular weight is 324 g/mol. The quantitative estimate of drug-likeness (QED) is 0.645. The second kappa shape index (κ2) is 7.36. The molecule has 0 amide bonds. The van der Waals surface area contributed by atoms with Crippen LogP contribution in [-0.4, -0.2) is 5.01 Å². The number of nitrogens with zero attached hydrogens (tertiary/aromatic N) is 1. The predicted molar refractivity (Wildman–Crippen MR) is 86.7 cm³/mol. The molecule has 0 aliphatic rings. The molecule has 2 rings (SSSR count). The van der Waals surface area contributed by atoms with Crippen LogP contribution in [0.1, 0.15) is 17.2 Å². The van der Waals surface area contributed by atoms with Crippen molar-refractivity contribution < 1.29 is 3.89 Å². The first kappa shape index (κ1) is 15.7. The summed E-state index contributed by atoms with van der Waals surface area (Å²) in [6.45, 7) is 0. The van der Waals surface area contributed by atoms with Gasteiger partial charge in [-0.25, -0.2) is 5.84 Å². The highest BCUT2D eigenvalue weighted by atomic mass is 35.5. The monoisotopic (exact) mass is 323 g/mol. The zero-order valence-electron chi connectivity index (χ0n) is 11.1. The fourth-order valence-corrected chi connectivity index (χ4v) is 2.35. The van der Waals surface area contributed by atoms with Gasteiger partial charge in [-0.1, -0.05) is 54.1 Å². The molecule has 2 aromatic rings. The minimum atomic E-state index is -0.283. The van der Waals surface area contributed by atoms with Gasteiger partial charge in [0.2, 0.25) is 0 Å². The van der Waals surface area contributed by atoms with E-state index >= 15 is 0 Å². The van der Waals surface area contributed by atoms with Gasteiger partial charge in [-0.05, 0) is 23.3 Å². The molecular weight excluding hydrogens is 309 g/mol. The van der Waals surface area contributed by atoms with Crippen molar-refractivity contribution in [3.63, 3.8) is 0 Å². The van der Waals surface area contributed by atoms with Crippen LogP contribution in [0.5, 0.6) is 0 Å². The molecule has 0 aromatic heterocycles. The van der Waals surface area contributed by atoms with E-state index in [1.54, 1.807) is 12.1 Å². The lowest BCUT2D eigenvalue weighted by Gasteiger charge is -2.27. The third kappa shape index (κ3) is 4.14. The summed E-state index contributed by atoms with van der Waals surface area (Å²) < 4.78 is 12.5. The van der Waals surface area contributed by atoms with Gasteiger partial charge in [0.15, 0.2) is 0 Å². The van der Waals surface area contributed by atoms with Gasteiger partial charge < -0.3 is 10.7 Å². The molecule has 4 N–H and O–H groups in total. The Bertz CT molecular complexity index is 604. The number of benzene rings is 2. The average Bonchev–Trinajstić information content (AvgIpc) is 2.50. The Morgan fingerprint density at radius 3 is 2.24 bits per heavy atom. The third-order valence-electron chi connectivity index (χ3n) is 2.96. The lowest BCUT2D eigenvalue weighted by Crippen LogP contribution is -2.31. The maximum absolute atomic E-state index is 12.5. The molecule has 110 valence electrons. The van der Waals surface area contributed by atoms with Crippen LogP contribution in [0.15, 0.2) is 65.8 Å². The molecule has 0 radical (unpaired) electrons. The standard InChI is InChI=1S/C15H15ClFN3S/c16-13-8-6-12(7-9-13)15(11-4-2-1-3-5-11)20(19)10-14(18)21-17/h1-10,15H,18-19H2/b14-10+. The van der Waals surface area contributed by atoms with Crippen LogP contribution in [0.4, 0.5) is 3.89 Å². The van der Waals surface area contributed by atoms with Crippen LogP contribution in [-0.2, 0) is 0 Å². The van der Waals surface area contributed by atoms with Crippen molar-refractivity contribution in [1.82, 2.24) is 5.01 Å². The minimum Gasteiger partial charge on any atom is -0.390 e. The second-order valence-corrected chi connectivity index (χ2v) is 5.48. The summed E-state index contributed by atoms with van der Waals surface area (Å²) in [7, 11) is 0. The van der Waals surface area contributed by atoms with Crippen molar-refractivity contribution in [1.29, 1.82) is 0 Å². The molecule has 2 aromatic carbocycles. The summed E-state index contributed by atoms with van der Waals surface area (Å²) in [4.78, 5) is 0. The summed E-state index contributed by atoms with van der Waals surface area (Å²) >= 11 is 5.88. The maximum Gasteiger partial charge on any atom is 0.117 e. The molecule has 0 spiro atoms. The van der Waals surface area contributed by atoms with E-state index in [2.05, 4.69) is 0 Å². The van der Waals surface area contributed by atoms with Gasteiger partial charge in [0.25, 0.3) is 0 Å². The van der Waals surface area contributed by atoms with E-state index in [4.69, 9.17) is 23.2 Å². The molecule has 6 heteroatoms. The Kier molecular flexibility index (Phi) is 5.50. The van der Waals surface area contributed by atoms with E-state index in [0.717, 1.165) is 11.1 Å². The van der Waals surface area contributed by atoms with E-state index < -0.39 is 0 Å². The van der Waals surface area contributed by atoms with Crippen LogP contribution in [0.25, 0.3) is 0 Å². The zero-order valence-corrected chi connectivity index (χ0v) is 12.7. The number of halogens is 2. The highest BCUT2D eigenvalue weighted by molar-refractivity contribution is 7.98. The Balaban J connectivity index is 2.42. The van der Waals surface area contributed by atoms with E-state index in [0.29, 0.717) is 5.02 Å². The van der Waals surface area contributed by atoms with Crippen LogP contribution in [0, 0.1) is 0 Å². The van der Waals surface area contributed by atoms with E-state index in [1.807, 2.05) is 42.5 Å². The summed E-state index contributed by atoms with van der Waals surface area (Å²) in [6, 6.07) is 16.7. The molecule has 0 fully saturated rings. The van der Waals surface area contributed by atoms with Gasteiger partial charge >= 0.3 is 0 Å². The van der Waals surface area contributed by atoms with Crippen molar-refractivity contribution >= 4 is 23.7 Å². The fourth-order valence-electron chi connectivity index (χ4n) is 2.06. The molecule has 1 unspecified atom stereocenters. The summed E-state index contributed by atoms with van der Waals surface area (Å²) in [5, 5.41) is 2.02. The topological polar surface area (TPSA) is 55.3 Å². The second-order valence-electron chi connectivity index (χ2n) is 4.42. The normalized spacial score (nSPS) is 13.0. The summed E-state index contributed by atoms with van der Waals surface area (Å²) in [5.41, 5.74) is 7.40. The Labute approximate surface area is 132 Å². The molecule has 0 saturated carbocycles. The maximum atomic E-state index is 12.5. The van der Waals surface area contributed by atoms with Crippen molar-refractivity contribution in [3.8, 4) is 0 Å². The SMILES string of the molecule is N/C(=C\N(N)C(c1ccccc1)c1ccc(Cl)cc1)SF. The summed E-state index contributed by atoms with van der Waals surface area (Å²) in [6.07, 6.45) is 1.37. The third-order valence-corrected chi connectivity index (χ3v) is 3.50. The Hall–Kier alpha value is -1.69. The molecule has 1 atom stereocenters. The van der Waals surface area contributed by atoms with Crippen molar-refractivity contribution in [3.05, 3.63) is 82.0 Å². The zero-order chi connectivity index (χ0) is 15.2. The number of hydrogen-bond acceptors (Lipinski definition) is 4. The van der Waals surface area contributed by atoms with E-state index in [-0.39, 0.29) is 23.2 Å². The number of hydrogen-bond donors (Lipinski definition) is 2. The van der Waals surface area contributed by atoms with Crippen LogP contribution in [0.2, 0.25) is 5.02 Å². The van der Waals surface area contributed by atoms with Gasteiger partial charge in [-0.2, -0.15) is 3.89 Å². The smallest absolute Gasteiger partial charge is 0.117 e. The number of hydrazine groups is 1. The predicted octanol–water partition coefficient (Wildman–Crippen LogP) is 3.98. The highest BCUT2D eigenvalue weighted by Gasteiger charge is 2.18. The van der Waals surface area contributed by atoms with Gasteiger partial charge in [-0.3, -0.25) is 0 Å². The van der Waals surface area contributed by atoms with Gasteiger partial charge in [0.05, 0.1) is 6.04 Å². The molecule has 0 aliphatic carbocycles. The van der Waals surface area contributed by atoms with Gasteiger partial charge in [0.1, 0.15) is 17.2 Å². The van der Waals surface area contributed by atoms with E-state index in [9.17, 15) is 3.89 Å². The van der Waals surface area contributed by atoms with Crippen LogP contribution in [0.3, 0.4) is 0 Å². The lowest BCUT2D eigenvalue weighted by atomic mass is 9.98. The summed E-state index contributed by atoms with van der Waals surface area (Å²) in [5.74, 6) is 6.06. The fraction of sp³-hybridized carbons (Fsp3) is 0.0667. The molecular formula is C15H15ClFN3S. The van der Waals surface area contributed by atoms with Crippen molar-refractivity contribution in [2.75, 3.05) is 0 Å². The number of rotatable bonds is 5. The first-order valence-electron chi connectivity index (χ1n) is 6.21. The van der Waals surface area contributed by atoms with Crippen molar-refractivity contribution in [2.24, 2.45) is 11.6 Å². The minimum absolute atomic E-state index is 0.00704. The van der Waals surface area contributed by atoms with Gasteiger partial charge in [-0.15, -0.1) is 0 Å². The number of nitrogens with two attached hydrogens (primary N) is 2. The highest BCUT2D eigenvalue weighted by Crippen LogP contribution is 2.28. The van der Waals surface area contributed by atoms with Crippen LogP contribution < -0.4 is 11.6 Å². The molecule has 0 aliphatic heterocycles. The molecule has 0 saturated heterocycles. The molecule has 0 bridgehead atoms. The first-order valence-corrected chi connectivity index (χ1v) is 7.30. The molecule has 21 heavy (non-hydrogen) atoms. The molecule has 3 nitrogen and oxygen atoms in total. The Morgan fingerprint density at radius 1 is 1.10 bits per heavy atom.